The zero-order valence-corrected chi connectivity index (χ0v) is 16.8. The van der Waals surface area contributed by atoms with E-state index in [9.17, 15) is 10.1 Å². The lowest BCUT2D eigenvalue weighted by atomic mass is 10.1. The van der Waals surface area contributed by atoms with Crippen LogP contribution in [0.15, 0.2) is 42.0 Å². The highest BCUT2D eigenvalue weighted by Gasteiger charge is 2.14. The van der Waals surface area contributed by atoms with Gasteiger partial charge in [-0.15, -0.1) is 0 Å². The number of carbonyl (C=O) groups is 1. The lowest BCUT2D eigenvalue weighted by Gasteiger charge is -2.12. The molecule has 8 heteroatoms. The van der Waals surface area contributed by atoms with Crippen molar-refractivity contribution in [1.82, 2.24) is 5.32 Å². The second kappa shape index (κ2) is 10.2. The molecular formula is C22H22N2O6. The average molecular weight is 410 g/mol. The van der Waals surface area contributed by atoms with Crippen LogP contribution in [0.25, 0.3) is 6.08 Å². The second-order valence-corrected chi connectivity index (χ2v) is 6.31. The van der Waals surface area contributed by atoms with Crippen molar-refractivity contribution < 1.29 is 28.5 Å². The van der Waals surface area contributed by atoms with Gasteiger partial charge in [-0.2, -0.15) is 5.26 Å². The number of carbonyl (C=O) groups excluding carboxylic acids is 1. The van der Waals surface area contributed by atoms with Gasteiger partial charge < -0.3 is 29.0 Å². The quantitative estimate of drug-likeness (QED) is 0.385. The van der Waals surface area contributed by atoms with Crippen molar-refractivity contribution in [3.63, 3.8) is 0 Å². The van der Waals surface area contributed by atoms with Gasteiger partial charge in [0.1, 0.15) is 18.2 Å². The number of amides is 1. The number of ether oxygens (including phenoxy) is 5. The van der Waals surface area contributed by atoms with Crippen LogP contribution in [0, 0.1) is 11.3 Å². The fourth-order valence-corrected chi connectivity index (χ4v) is 2.76. The van der Waals surface area contributed by atoms with Crippen molar-refractivity contribution in [2.75, 3.05) is 34.2 Å². The highest BCUT2D eigenvalue weighted by molar-refractivity contribution is 6.01. The van der Waals surface area contributed by atoms with Gasteiger partial charge in [-0.1, -0.05) is 12.1 Å². The van der Waals surface area contributed by atoms with Crippen molar-refractivity contribution in [1.29, 1.82) is 5.26 Å². The summed E-state index contributed by atoms with van der Waals surface area (Å²) in [5.74, 6) is 1.97. The van der Waals surface area contributed by atoms with Gasteiger partial charge in [0.05, 0.1) is 13.7 Å². The van der Waals surface area contributed by atoms with Crippen LogP contribution in [-0.4, -0.2) is 40.1 Å². The van der Waals surface area contributed by atoms with Crippen LogP contribution in [0.2, 0.25) is 0 Å². The molecule has 0 aliphatic carbocycles. The number of nitrogens with one attached hydrogen (secondary N) is 1. The predicted molar refractivity (Wildman–Crippen MR) is 108 cm³/mol. The van der Waals surface area contributed by atoms with Crippen molar-refractivity contribution >= 4 is 12.0 Å². The van der Waals surface area contributed by atoms with Crippen LogP contribution < -0.4 is 24.3 Å². The van der Waals surface area contributed by atoms with E-state index < -0.39 is 5.91 Å². The number of methoxy groups -OCH3 is 2. The largest absolute Gasteiger partial charge is 0.493 e. The SMILES string of the molecule is COCCNC(=O)/C(C#N)=C/c1ccc(OCc2ccc3c(c2)OCO3)c(OC)c1. The van der Waals surface area contributed by atoms with Crippen LogP contribution in [0.4, 0.5) is 0 Å². The smallest absolute Gasteiger partial charge is 0.262 e. The molecule has 0 radical (unpaired) electrons. The normalized spacial score (nSPS) is 12.2. The molecule has 0 saturated heterocycles. The molecule has 0 atom stereocenters. The molecule has 0 fully saturated rings. The van der Waals surface area contributed by atoms with Crippen molar-refractivity contribution in [3.05, 3.63) is 53.1 Å². The van der Waals surface area contributed by atoms with Crippen LogP contribution in [-0.2, 0) is 16.1 Å². The highest BCUT2D eigenvalue weighted by Crippen LogP contribution is 2.34. The molecule has 2 aromatic rings. The summed E-state index contributed by atoms with van der Waals surface area (Å²) in [4.78, 5) is 12.1. The third kappa shape index (κ3) is 5.21. The van der Waals surface area contributed by atoms with Crippen molar-refractivity contribution in [2.24, 2.45) is 0 Å². The molecule has 156 valence electrons. The fourth-order valence-electron chi connectivity index (χ4n) is 2.76. The number of nitrogens with zero attached hydrogens (tertiary/aromatic N) is 1. The van der Waals surface area contributed by atoms with E-state index in [1.54, 1.807) is 18.2 Å². The Bertz CT molecular complexity index is 980. The van der Waals surface area contributed by atoms with E-state index in [2.05, 4.69) is 5.32 Å². The molecule has 1 N–H and O–H groups in total. The molecule has 0 saturated carbocycles. The monoisotopic (exact) mass is 410 g/mol. The first kappa shape index (κ1) is 21.0. The van der Waals surface area contributed by atoms with E-state index in [4.69, 9.17) is 23.7 Å². The maximum atomic E-state index is 12.1. The van der Waals surface area contributed by atoms with Gasteiger partial charge >= 0.3 is 0 Å². The van der Waals surface area contributed by atoms with Crippen LogP contribution >= 0.6 is 0 Å². The number of fused-ring (bicyclic) bond motifs is 1. The first-order chi connectivity index (χ1) is 14.6. The van der Waals surface area contributed by atoms with E-state index in [1.165, 1.54) is 20.3 Å². The Labute approximate surface area is 174 Å². The third-order valence-corrected chi connectivity index (χ3v) is 4.29. The van der Waals surface area contributed by atoms with Crippen LogP contribution in [0.5, 0.6) is 23.0 Å². The Hall–Kier alpha value is -3.70. The number of hydrogen-bond donors (Lipinski definition) is 1. The van der Waals surface area contributed by atoms with E-state index >= 15 is 0 Å². The molecular weight excluding hydrogens is 388 g/mol. The van der Waals surface area contributed by atoms with E-state index in [0.29, 0.717) is 48.3 Å². The first-order valence-corrected chi connectivity index (χ1v) is 9.23. The van der Waals surface area contributed by atoms with Crippen molar-refractivity contribution in [3.8, 4) is 29.1 Å². The Morgan fingerprint density at radius 3 is 2.77 bits per heavy atom. The van der Waals surface area contributed by atoms with E-state index in [0.717, 1.165) is 5.56 Å². The minimum atomic E-state index is -0.461. The highest BCUT2D eigenvalue weighted by atomic mass is 16.7. The molecule has 1 amide bonds. The molecule has 8 nitrogen and oxygen atoms in total. The summed E-state index contributed by atoms with van der Waals surface area (Å²) in [6, 6.07) is 12.7. The maximum absolute atomic E-state index is 12.1. The lowest BCUT2D eigenvalue weighted by Crippen LogP contribution is -2.27. The topological polar surface area (TPSA) is 99.0 Å². The molecule has 30 heavy (non-hydrogen) atoms. The Morgan fingerprint density at radius 2 is 2.00 bits per heavy atom. The zero-order chi connectivity index (χ0) is 21.3. The van der Waals surface area contributed by atoms with Gasteiger partial charge in [-0.3, -0.25) is 4.79 Å². The predicted octanol–water partition coefficient (Wildman–Crippen LogP) is 2.67. The summed E-state index contributed by atoms with van der Waals surface area (Å²) in [6.45, 7) is 1.23. The molecule has 3 rings (SSSR count). The first-order valence-electron chi connectivity index (χ1n) is 9.23. The Balaban J connectivity index is 1.69. The number of hydrogen-bond acceptors (Lipinski definition) is 7. The van der Waals surface area contributed by atoms with E-state index in [-0.39, 0.29) is 12.4 Å². The van der Waals surface area contributed by atoms with Gasteiger partial charge in [0, 0.05) is 13.7 Å². The summed E-state index contributed by atoms with van der Waals surface area (Å²) in [5.41, 5.74) is 1.55. The third-order valence-electron chi connectivity index (χ3n) is 4.29. The lowest BCUT2D eigenvalue weighted by molar-refractivity contribution is -0.117. The van der Waals surface area contributed by atoms with Crippen LogP contribution in [0.1, 0.15) is 11.1 Å². The molecule has 0 aromatic heterocycles. The molecule has 0 unspecified atom stereocenters. The average Bonchev–Trinajstić information content (AvgIpc) is 3.24. The summed E-state index contributed by atoms with van der Waals surface area (Å²) in [6.07, 6.45) is 1.49. The van der Waals surface area contributed by atoms with Gasteiger partial charge in [0.15, 0.2) is 23.0 Å². The number of rotatable bonds is 9. The van der Waals surface area contributed by atoms with Crippen LogP contribution in [0.3, 0.4) is 0 Å². The zero-order valence-electron chi connectivity index (χ0n) is 16.8. The second-order valence-electron chi connectivity index (χ2n) is 6.31. The Kier molecular flexibility index (Phi) is 7.14. The molecule has 0 bridgehead atoms. The van der Waals surface area contributed by atoms with E-state index in [1.807, 2.05) is 24.3 Å². The summed E-state index contributed by atoms with van der Waals surface area (Å²) < 4.78 is 26.8. The molecule has 2 aromatic carbocycles. The summed E-state index contributed by atoms with van der Waals surface area (Å²) in [5, 5.41) is 11.9. The minimum Gasteiger partial charge on any atom is -0.493 e. The fraction of sp³-hybridized carbons (Fsp3) is 0.273. The Morgan fingerprint density at radius 1 is 1.17 bits per heavy atom. The summed E-state index contributed by atoms with van der Waals surface area (Å²) >= 11 is 0. The van der Waals surface area contributed by atoms with Crippen molar-refractivity contribution in [2.45, 2.75) is 6.61 Å². The van der Waals surface area contributed by atoms with Gasteiger partial charge in [0.25, 0.3) is 5.91 Å². The number of benzene rings is 2. The maximum Gasteiger partial charge on any atom is 0.262 e. The minimum absolute atomic E-state index is 0.0119. The van der Waals surface area contributed by atoms with Gasteiger partial charge in [-0.25, -0.2) is 0 Å². The molecule has 1 aliphatic heterocycles. The molecule has 1 heterocycles. The number of nitriles is 1. The molecule has 1 aliphatic rings. The molecule has 0 spiro atoms. The van der Waals surface area contributed by atoms with Gasteiger partial charge in [0.2, 0.25) is 6.79 Å². The standard InChI is InChI=1S/C22H22N2O6/c1-26-8-7-24-22(25)17(12-23)9-15-3-5-18(20(10-15)27-2)28-13-16-4-6-19-21(11-16)30-14-29-19/h3-6,9-11H,7-8,13-14H2,1-2H3,(H,24,25)/b17-9+. The summed E-state index contributed by atoms with van der Waals surface area (Å²) in [7, 11) is 3.06. The van der Waals surface area contributed by atoms with Gasteiger partial charge in [-0.05, 0) is 41.5 Å².